The van der Waals surface area contributed by atoms with Crippen molar-refractivity contribution in [2.24, 2.45) is 5.92 Å². The molecule has 1 amide bonds. The molecule has 4 rings (SSSR count). The van der Waals surface area contributed by atoms with Gasteiger partial charge in [-0.05, 0) is 65.2 Å². The molecule has 0 aromatic carbocycles. The van der Waals surface area contributed by atoms with Crippen molar-refractivity contribution in [1.82, 2.24) is 9.21 Å². The van der Waals surface area contributed by atoms with Gasteiger partial charge in [-0.1, -0.05) is 6.07 Å². The fourth-order valence-corrected chi connectivity index (χ4v) is 8.53. The third-order valence-corrected chi connectivity index (χ3v) is 10.2. The maximum absolute atomic E-state index is 13.2. The fraction of sp³-hybridized carbons (Fsp3) is 0.500. The van der Waals surface area contributed by atoms with E-state index in [1.54, 1.807) is 23.5 Å². The molecule has 146 valence electrons. The predicted octanol–water partition coefficient (Wildman–Crippen LogP) is 4.34. The van der Waals surface area contributed by atoms with Crippen molar-refractivity contribution in [2.75, 3.05) is 19.6 Å². The van der Waals surface area contributed by atoms with Crippen LogP contribution < -0.4 is 0 Å². The van der Waals surface area contributed by atoms with Crippen molar-refractivity contribution >= 4 is 54.5 Å². The number of halogens is 1. The molecule has 2 aliphatic rings. The minimum Gasteiger partial charge on any atom is -0.335 e. The Labute approximate surface area is 176 Å². The van der Waals surface area contributed by atoms with Gasteiger partial charge in [0.05, 0.1) is 15.7 Å². The van der Waals surface area contributed by atoms with Gasteiger partial charge in [-0.3, -0.25) is 4.79 Å². The Balaban J connectivity index is 1.50. The number of sulfonamides is 1. The molecule has 2 atom stereocenters. The zero-order valence-corrected chi connectivity index (χ0v) is 18.7. The van der Waals surface area contributed by atoms with Gasteiger partial charge in [0.2, 0.25) is 5.91 Å². The van der Waals surface area contributed by atoms with Crippen LogP contribution in [0.4, 0.5) is 0 Å². The summed E-state index contributed by atoms with van der Waals surface area (Å²) in [7, 11) is -3.53. The van der Waals surface area contributed by atoms with Crippen molar-refractivity contribution in [3.63, 3.8) is 0 Å². The number of hydrogen-bond donors (Lipinski definition) is 0. The first-order valence-corrected chi connectivity index (χ1v) is 13.0. The van der Waals surface area contributed by atoms with Crippen LogP contribution >= 0.6 is 38.6 Å². The van der Waals surface area contributed by atoms with E-state index in [-0.39, 0.29) is 24.4 Å². The molecule has 2 aromatic heterocycles. The average Bonchev–Trinajstić information content (AvgIpc) is 3.41. The number of piperidine rings is 1. The molecule has 0 bridgehead atoms. The molecular weight excluding hydrogens is 468 g/mol. The second-order valence-electron chi connectivity index (χ2n) is 6.97. The van der Waals surface area contributed by atoms with E-state index >= 15 is 0 Å². The topological polar surface area (TPSA) is 57.7 Å². The quantitative estimate of drug-likeness (QED) is 0.642. The van der Waals surface area contributed by atoms with Gasteiger partial charge in [0, 0.05) is 24.5 Å². The maximum atomic E-state index is 13.2. The number of hydrogen-bond acceptors (Lipinski definition) is 5. The predicted molar refractivity (Wildman–Crippen MR) is 112 cm³/mol. The molecule has 0 spiro atoms. The van der Waals surface area contributed by atoms with Crippen molar-refractivity contribution in [3.05, 3.63) is 38.3 Å². The van der Waals surface area contributed by atoms with Crippen LogP contribution in [0, 0.1) is 5.92 Å². The lowest BCUT2D eigenvalue weighted by atomic mass is 9.97. The summed E-state index contributed by atoms with van der Waals surface area (Å²) in [6.45, 7) is 1.53. The van der Waals surface area contributed by atoms with Gasteiger partial charge in [-0.25, -0.2) is 8.42 Å². The average molecular weight is 489 g/mol. The van der Waals surface area contributed by atoms with Crippen LogP contribution in [0.25, 0.3) is 0 Å². The minimum atomic E-state index is -3.53. The Hall–Kier alpha value is -0.740. The normalized spacial score (nSPS) is 24.4. The molecule has 2 fully saturated rings. The Bertz CT molecular complexity index is 910. The van der Waals surface area contributed by atoms with E-state index in [1.165, 1.54) is 20.5 Å². The summed E-state index contributed by atoms with van der Waals surface area (Å²) in [4.78, 5) is 16.4. The fourth-order valence-electron chi connectivity index (χ4n) is 3.97. The van der Waals surface area contributed by atoms with E-state index in [9.17, 15) is 13.2 Å². The van der Waals surface area contributed by atoms with Crippen molar-refractivity contribution in [2.45, 2.75) is 35.9 Å². The lowest BCUT2D eigenvalue weighted by Gasteiger charge is -2.34. The summed E-state index contributed by atoms with van der Waals surface area (Å²) in [5.41, 5.74) is 0. The highest BCUT2D eigenvalue weighted by Gasteiger charge is 2.39. The molecule has 2 aliphatic heterocycles. The summed E-state index contributed by atoms with van der Waals surface area (Å²) >= 11 is 6.23. The van der Waals surface area contributed by atoms with Crippen molar-refractivity contribution < 1.29 is 13.2 Å². The molecule has 2 saturated heterocycles. The first kappa shape index (κ1) is 19.6. The van der Waals surface area contributed by atoms with Crippen LogP contribution in [0.2, 0.25) is 0 Å². The Morgan fingerprint density at radius 1 is 1.15 bits per heavy atom. The lowest BCUT2D eigenvalue weighted by Crippen LogP contribution is -2.46. The number of thiophene rings is 2. The molecular formula is C18H21BrN2O3S3. The van der Waals surface area contributed by atoms with Gasteiger partial charge < -0.3 is 4.90 Å². The summed E-state index contributed by atoms with van der Waals surface area (Å²) in [5.74, 6) is -0.143. The SMILES string of the molecule is O=C(C1CCCN(S(=O)(=O)c2ccc(Br)s2)C1)N1CCCC1c1cccs1. The first-order chi connectivity index (χ1) is 13.0. The molecule has 4 heterocycles. The highest BCUT2D eigenvalue weighted by atomic mass is 79.9. The second-order valence-corrected chi connectivity index (χ2v) is 12.6. The van der Waals surface area contributed by atoms with Crippen molar-refractivity contribution in [3.8, 4) is 0 Å². The van der Waals surface area contributed by atoms with Gasteiger partial charge in [-0.2, -0.15) is 4.31 Å². The van der Waals surface area contributed by atoms with Crippen LogP contribution in [0.1, 0.15) is 36.6 Å². The number of carbonyl (C=O) groups is 1. The van der Waals surface area contributed by atoms with Crippen LogP contribution in [0.15, 0.2) is 37.6 Å². The summed E-state index contributed by atoms with van der Waals surface area (Å²) in [6.07, 6.45) is 3.48. The van der Waals surface area contributed by atoms with Gasteiger partial charge in [-0.15, -0.1) is 22.7 Å². The van der Waals surface area contributed by atoms with Gasteiger partial charge >= 0.3 is 0 Å². The molecule has 9 heteroatoms. The van der Waals surface area contributed by atoms with Gasteiger partial charge in [0.25, 0.3) is 10.0 Å². The van der Waals surface area contributed by atoms with Crippen LogP contribution in [0.5, 0.6) is 0 Å². The van der Waals surface area contributed by atoms with E-state index in [2.05, 4.69) is 22.0 Å². The lowest BCUT2D eigenvalue weighted by molar-refractivity contribution is -0.137. The van der Waals surface area contributed by atoms with Crippen LogP contribution in [-0.2, 0) is 14.8 Å². The summed E-state index contributed by atoms with van der Waals surface area (Å²) in [5, 5.41) is 2.05. The van der Waals surface area contributed by atoms with E-state index < -0.39 is 10.0 Å². The summed E-state index contributed by atoms with van der Waals surface area (Å²) in [6, 6.07) is 7.64. The molecule has 2 unspecified atom stereocenters. The largest absolute Gasteiger partial charge is 0.335 e. The third-order valence-electron chi connectivity index (χ3n) is 5.28. The third kappa shape index (κ3) is 3.89. The number of rotatable bonds is 4. The zero-order valence-electron chi connectivity index (χ0n) is 14.7. The van der Waals surface area contributed by atoms with Gasteiger partial charge in [0.1, 0.15) is 4.21 Å². The maximum Gasteiger partial charge on any atom is 0.252 e. The molecule has 0 aliphatic carbocycles. The highest BCUT2D eigenvalue weighted by Crippen LogP contribution is 2.37. The molecule has 2 aromatic rings. The molecule has 0 N–H and O–H groups in total. The van der Waals surface area contributed by atoms with E-state index in [4.69, 9.17) is 0 Å². The number of carbonyl (C=O) groups excluding carboxylic acids is 1. The zero-order chi connectivity index (χ0) is 19.0. The van der Waals surface area contributed by atoms with E-state index in [0.717, 1.165) is 36.0 Å². The molecule has 5 nitrogen and oxygen atoms in total. The molecule has 0 saturated carbocycles. The highest BCUT2D eigenvalue weighted by molar-refractivity contribution is 9.11. The Morgan fingerprint density at radius 2 is 1.96 bits per heavy atom. The second kappa shape index (κ2) is 7.94. The summed E-state index contributed by atoms with van der Waals surface area (Å²) < 4.78 is 28.5. The minimum absolute atomic E-state index is 0.109. The Kier molecular flexibility index (Phi) is 5.76. The van der Waals surface area contributed by atoms with E-state index in [0.29, 0.717) is 10.8 Å². The standard InChI is InChI=1S/C18H21BrN2O3S3/c19-16-7-8-17(26-16)27(23,24)20-9-1-4-13(12-20)18(22)21-10-2-5-14(21)15-6-3-11-25-15/h3,6-8,11,13-14H,1-2,4-5,9-10,12H2. The molecule has 0 radical (unpaired) electrons. The Morgan fingerprint density at radius 3 is 2.67 bits per heavy atom. The molecule has 27 heavy (non-hydrogen) atoms. The van der Waals surface area contributed by atoms with Gasteiger partial charge in [0.15, 0.2) is 0 Å². The van der Waals surface area contributed by atoms with Crippen LogP contribution in [0.3, 0.4) is 0 Å². The number of nitrogens with zero attached hydrogens (tertiary/aromatic N) is 2. The van der Waals surface area contributed by atoms with Crippen molar-refractivity contribution in [1.29, 1.82) is 0 Å². The first-order valence-electron chi connectivity index (χ1n) is 9.06. The van der Waals surface area contributed by atoms with E-state index in [1.807, 2.05) is 16.3 Å². The monoisotopic (exact) mass is 488 g/mol. The van der Waals surface area contributed by atoms with Crippen LogP contribution in [-0.4, -0.2) is 43.2 Å². The number of likely N-dealkylation sites (tertiary alicyclic amines) is 1. The smallest absolute Gasteiger partial charge is 0.252 e. The number of amides is 1.